The lowest BCUT2D eigenvalue weighted by Gasteiger charge is -2.48. The summed E-state index contributed by atoms with van der Waals surface area (Å²) in [6, 6.07) is 7.79. The third kappa shape index (κ3) is 5.61. The van der Waals surface area contributed by atoms with E-state index in [9.17, 15) is 0 Å². The molecule has 0 unspecified atom stereocenters. The Hall–Kier alpha value is -1.48. The minimum absolute atomic E-state index is 0.759. The van der Waals surface area contributed by atoms with Crippen LogP contribution in [0.4, 0.5) is 5.69 Å². The summed E-state index contributed by atoms with van der Waals surface area (Å²) in [5.74, 6) is 0.802. The maximum Gasteiger partial charge on any atom is 0.280 e. The van der Waals surface area contributed by atoms with Gasteiger partial charge in [-0.15, -0.1) is 0 Å². The molecule has 0 N–H and O–H groups in total. The van der Waals surface area contributed by atoms with Crippen molar-refractivity contribution in [2.45, 2.75) is 0 Å². The van der Waals surface area contributed by atoms with Crippen LogP contribution < -0.4 is 4.74 Å². The van der Waals surface area contributed by atoms with Gasteiger partial charge in [0.15, 0.2) is 5.58 Å². The largest absolute Gasteiger partial charge is 0.497 e. The van der Waals surface area contributed by atoms with Crippen LogP contribution in [0.3, 0.4) is 0 Å². The maximum atomic E-state index is 15.3. The summed E-state index contributed by atoms with van der Waals surface area (Å²) < 4.78 is 25.2. The summed E-state index contributed by atoms with van der Waals surface area (Å²) in [6.45, 7) is 10.5. The fraction of sp³-hybridized carbons (Fsp3) is 0.696. The number of aliphatic imine (C=N–C) groups is 1. The van der Waals surface area contributed by atoms with Gasteiger partial charge < -0.3 is 24.3 Å². The fourth-order valence-corrected chi connectivity index (χ4v) is 7.78. The van der Waals surface area contributed by atoms with Gasteiger partial charge in [-0.25, -0.2) is 14.3 Å². The van der Waals surface area contributed by atoms with Crippen LogP contribution in [0.2, 0.25) is 0 Å². The van der Waals surface area contributed by atoms with Crippen LogP contribution in [0, 0.1) is 0 Å². The number of benzene rings is 1. The summed E-state index contributed by atoms with van der Waals surface area (Å²) in [5.41, 5.74) is 1.59. The number of rotatable bonds is 5. The van der Waals surface area contributed by atoms with E-state index in [2.05, 4.69) is 50.1 Å². The first-order valence-electron chi connectivity index (χ1n) is 12.0. The van der Waals surface area contributed by atoms with Gasteiger partial charge in [-0.05, 0) is 45.4 Å². The quantitative estimate of drug-likeness (QED) is 0.360. The molecule has 3 aliphatic rings. The molecule has 0 aromatic heterocycles. The van der Waals surface area contributed by atoms with Crippen molar-refractivity contribution in [1.82, 2.24) is 28.9 Å². The van der Waals surface area contributed by atoms with Gasteiger partial charge in [0.05, 0.1) is 12.8 Å². The van der Waals surface area contributed by atoms with Crippen LogP contribution in [0.1, 0.15) is 0 Å². The topological polar surface area (TPSA) is 58.1 Å². The molecule has 0 spiro atoms. The Labute approximate surface area is 199 Å². The SMILES string of the molecule is COc1ccc(N=C(N2CCN(C)CC2)P(=O)(N2CCN(C)CC2)N2CCN(C)CC2)cc1. The first kappa shape index (κ1) is 24.6. The van der Waals surface area contributed by atoms with Gasteiger partial charge >= 0.3 is 0 Å². The van der Waals surface area contributed by atoms with E-state index in [1.54, 1.807) is 7.11 Å². The second kappa shape index (κ2) is 10.8. The van der Waals surface area contributed by atoms with Crippen LogP contribution in [0.15, 0.2) is 29.3 Å². The molecule has 3 saturated heterocycles. The molecule has 0 radical (unpaired) electrons. The zero-order chi connectivity index (χ0) is 23.4. The Morgan fingerprint density at radius 1 is 0.727 bits per heavy atom. The van der Waals surface area contributed by atoms with Crippen molar-refractivity contribution in [3.05, 3.63) is 24.3 Å². The molecule has 0 bridgehead atoms. The molecular weight excluding hydrogens is 437 g/mol. The van der Waals surface area contributed by atoms with Crippen LogP contribution in [-0.2, 0) is 4.57 Å². The predicted molar refractivity (Wildman–Crippen MR) is 135 cm³/mol. The Morgan fingerprint density at radius 2 is 1.15 bits per heavy atom. The number of methoxy groups -OCH3 is 1. The van der Waals surface area contributed by atoms with E-state index in [1.165, 1.54) is 0 Å². The number of ether oxygens (including phenoxy) is 1. The first-order chi connectivity index (χ1) is 15.9. The van der Waals surface area contributed by atoms with E-state index in [-0.39, 0.29) is 0 Å². The van der Waals surface area contributed by atoms with Gasteiger partial charge in [0.2, 0.25) is 0 Å². The van der Waals surface area contributed by atoms with E-state index in [1.807, 2.05) is 24.3 Å². The second-order valence-corrected chi connectivity index (χ2v) is 12.1. The Morgan fingerprint density at radius 3 is 1.58 bits per heavy atom. The molecule has 3 aliphatic heterocycles. The fourth-order valence-electron chi connectivity index (χ4n) is 4.66. The van der Waals surface area contributed by atoms with Crippen LogP contribution in [-0.4, -0.2) is 141 Å². The van der Waals surface area contributed by atoms with Gasteiger partial charge in [0.1, 0.15) is 5.75 Å². The Balaban J connectivity index is 1.75. The Bertz CT molecular complexity index is 815. The van der Waals surface area contributed by atoms with Crippen molar-refractivity contribution in [2.24, 2.45) is 4.99 Å². The molecule has 0 saturated carbocycles. The lowest BCUT2D eigenvalue weighted by Crippen LogP contribution is -2.55. The summed E-state index contributed by atoms with van der Waals surface area (Å²) in [7, 11) is 5.04. The highest BCUT2D eigenvalue weighted by atomic mass is 31.2. The molecule has 1 aromatic rings. The molecule has 1 aromatic carbocycles. The smallest absolute Gasteiger partial charge is 0.280 e. The number of hydrogen-bond acceptors (Lipinski definition) is 6. The molecule has 3 fully saturated rings. The maximum absolute atomic E-state index is 15.3. The molecule has 9 nitrogen and oxygen atoms in total. The number of hydrogen-bond donors (Lipinski definition) is 0. The van der Waals surface area contributed by atoms with Gasteiger partial charge in [0, 0.05) is 78.5 Å². The van der Waals surface area contributed by atoms with Gasteiger partial charge in [-0.1, -0.05) is 0 Å². The molecule has 3 heterocycles. The average molecular weight is 478 g/mol. The molecule has 0 atom stereocenters. The van der Waals surface area contributed by atoms with E-state index < -0.39 is 7.44 Å². The van der Waals surface area contributed by atoms with E-state index in [0.29, 0.717) is 0 Å². The predicted octanol–water partition coefficient (Wildman–Crippen LogP) is 1.62. The van der Waals surface area contributed by atoms with E-state index in [0.717, 1.165) is 95.6 Å². The molecule has 0 amide bonds. The standard InChI is InChI=1S/C23H40N7O2P/c1-25-9-15-28(16-10-25)23(24-21-5-7-22(32-4)8-6-21)33(31,29-17-11-26(2)12-18-29)30-19-13-27(3)14-20-30/h5-8H,9-20H2,1-4H3. The number of piperazine rings is 3. The third-order valence-corrected chi connectivity index (χ3v) is 10.3. The minimum atomic E-state index is -3.07. The zero-order valence-corrected chi connectivity index (χ0v) is 21.6. The highest BCUT2D eigenvalue weighted by molar-refractivity contribution is 7.76. The molecule has 33 heavy (non-hydrogen) atoms. The average Bonchev–Trinajstić information content (AvgIpc) is 2.84. The van der Waals surface area contributed by atoms with Crippen molar-refractivity contribution in [3.63, 3.8) is 0 Å². The molecule has 0 aliphatic carbocycles. The van der Waals surface area contributed by atoms with Crippen LogP contribution in [0.25, 0.3) is 0 Å². The number of amidine groups is 1. The summed E-state index contributed by atoms with van der Waals surface area (Å²) in [6.07, 6.45) is 0. The minimum Gasteiger partial charge on any atom is -0.497 e. The van der Waals surface area contributed by atoms with Gasteiger partial charge in [-0.2, -0.15) is 0 Å². The highest BCUT2D eigenvalue weighted by Crippen LogP contribution is 2.56. The monoisotopic (exact) mass is 477 g/mol. The Kier molecular flexibility index (Phi) is 8.10. The summed E-state index contributed by atoms with van der Waals surface area (Å²) >= 11 is 0. The van der Waals surface area contributed by atoms with Gasteiger partial charge in [-0.3, -0.25) is 4.57 Å². The van der Waals surface area contributed by atoms with Crippen molar-refractivity contribution >= 4 is 18.7 Å². The van der Waals surface area contributed by atoms with Crippen molar-refractivity contribution in [1.29, 1.82) is 0 Å². The first-order valence-corrected chi connectivity index (χ1v) is 13.7. The van der Waals surface area contributed by atoms with Crippen molar-refractivity contribution < 1.29 is 9.30 Å². The number of likely N-dealkylation sites (N-methyl/N-ethyl adjacent to an activating group) is 3. The van der Waals surface area contributed by atoms with E-state index in [4.69, 9.17) is 9.73 Å². The van der Waals surface area contributed by atoms with Crippen LogP contribution in [0.5, 0.6) is 5.75 Å². The summed E-state index contributed by atoms with van der Waals surface area (Å²) in [4.78, 5) is 14.4. The normalized spacial score (nSPS) is 23.8. The number of nitrogens with zero attached hydrogens (tertiary/aromatic N) is 7. The zero-order valence-electron chi connectivity index (χ0n) is 20.7. The molecule has 184 valence electrons. The molecular formula is C23H40N7O2P. The lowest BCUT2D eigenvalue weighted by atomic mass is 10.3. The van der Waals surface area contributed by atoms with Crippen molar-refractivity contribution in [2.75, 3.05) is 107 Å². The van der Waals surface area contributed by atoms with Gasteiger partial charge in [0.25, 0.3) is 7.44 Å². The highest BCUT2D eigenvalue weighted by Gasteiger charge is 2.46. The lowest BCUT2D eigenvalue weighted by molar-refractivity contribution is 0.182. The summed E-state index contributed by atoms with van der Waals surface area (Å²) in [5, 5.41) is 0. The molecule has 10 heteroatoms. The molecule has 4 rings (SSSR count). The van der Waals surface area contributed by atoms with Crippen LogP contribution >= 0.6 is 7.44 Å². The van der Waals surface area contributed by atoms with Crippen molar-refractivity contribution in [3.8, 4) is 5.75 Å². The van der Waals surface area contributed by atoms with E-state index >= 15 is 4.57 Å². The second-order valence-electron chi connectivity index (χ2n) is 9.46. The third-order valence-electron chi connectivity index (χ3n) is 7.07.